The van der Waals surface area contributed by atoms with Crippen molar-refractivity contribution < 1.29 is 14.6 Å². The predicted octanol–water partition coefficient (Wildman–Crippen LogP) is 3.19. The molecule has 1 saturated heterocycles. The fraction of sp³-hybridized carbons (Fsp3) is 0.583. The van der Waals surface area contributed by atoms with E-state index >= 15 is 0 Å². The Balaban J connectivity index is 1.63. The first-order valence-electron chi connectivity index (χ1n) is 11.5. The first kappa shape index (κ1) is 23.5. The number of carbonyl (C=O) groups excluding carboxylic acids is 1. The molecule has 0 unspecified atom stereocenters. The molecule has 176 valence electrons. The van der Waals surface area contributed by atoms with Gasteiger partial charge in [-0.3, -0.25) is 9.79 Å². The van der Waals surface area contributed by atoms with Crippen LogP contribution < -0.4 is 9.64 Å². The zero-order valence-electron chi connectivity index (χ0n) is 19.1. The van der Waals surface area contributed by atoms with Crippen molar-refractivity contribution in [2.45, 2.75) is 51.0 Å². The van der Waals surface area contributed by atoms with Gasteiger partial charge in [0.1, 0.15) is 11.9 Å². The molecule has 0 aromatic carbocycles. The van der Waals surface area contributed by atoms with Gasteiger partial charge in [0.25, 0.3) is 0 Å². The van der Waals surface area contributed by atoms with Crippen LogP contribution in [0.5, 0.6) is 5.75 Å². The molecule has 1 atom stereocenters. The minimum Gasteiger partial charge on any atom is -0.437 e. The minimum absolute atomic E-state index is 0.000967. The molecular weight excluding hydrogens is 442 g/mol. The normalized spacial score (nSPS) is 21.7. The second kappa shape index (κ2) is 10.1. The lowest BCUT2D eigenvalue weighted by molar-refractivity contribution is -0.135. The van der Waals surface area contributed by atoms with Gasteiger partial charge in [-0.15, -0.1) is 0 Å². The second-order valence-electron chi connectivity index (χ2n) is 8.94. The quantitative estimate of drug-likeness (QED) is 0.484. The Morgan fingerprint density at radius 3 is 2.73 bits per heavy atom. The molecule has 3 fully saturated rings. The molecule has 0 bridgehead atoms. The summed E-state index contributed by atoms with van der Waals surface area (Å²) in [6.45, 7) is 3.42. The molecule has 1 aromatic heterocycles. The largest absolute Gasteiger partial charge is 0.437 e. The Labute approximate surface area is 199 Å². The summed E-state index contributed by atoms with van der Waals surface area (Å²) in [5.41, 5.74) is 1.29. The lowest BCUT2D eigenvalue weighted by Crippen LogP contribution is -2.56. The fourth-order valence-corrected chi connectivity index (χ4v) is 4.50. The molecule has 2 aliphatic carbocycles. The van der Waals surface area contributed by atoms with Crippen LogP contribution in [0.4, 0.5) is 5.82 Å². The number of pyridine rings is 1. The average Bonchev–Trinajstić information content (AvgIpc) is 3.71. The summed E-state index contributed by atoms with van der Waals surface area (Å²) < 4.78 is 6.02. The fourth-order valence-electron chi connectivity index (χ4n) is 4.41. The van der Waals surface area contributed by atoms with E-state index in [1.54, 1.807) is 26.1 Å². The first-order chi connectivity index (χ1) is 15.9. The monoisotopic (exact) mass is 471 g/mol. The summed E-state index contributed by atoms with van der Waals surface area (Å²) in [5.74, 6) is 2.35. The number of aliphatic hydroxyl groups is 1. The van der Waals surface area contributed by atoms with E-state index in [1.807, 2.05) is 4.90 Å². The lowest BCUT2D eigenvalue weighted by Gasteiger charge is -2.42. The summed E-state index contributed by atoms with van der Waals surface area (Å²) in [4.78, 5) is 25.7. The highest BCUT2D eigenvalue weighted by Crippen LogP contribution is 2.45. The number of allylic oxidation sites excluding steroid dienone is 1. The van der Waals surface area contributed by atoms with Crippen molar-refractivity contribution in [2.75, 3.05) is 38.2 Å². The third-order valence-corrected chi connectivity index (χ3v) is 6.48. The molecule has 9 heteroatoms. The van der Waals surface area contributed by atoms with E-state index in [9.17, 15) is 15.2 Å². The maximum Gasteiger partial charge on any atom is 0.225 e. The highest BCUT2D eigenvalue weighted by molar-refractivity contribution is 6.30. The molecular formula is C24H30ClN5O3. The van der Waals surface area contributed by atoms with Crippen LogP contribution in [0.15, 0.2) is 22.2 Å². The zero-order chi connectivity index (χ0) is 23.5. The van der Waals surface area contributed by atoms with E-state index in [1.165, 1.54) is 0 Å². The van der Waals surface area contributed by atoms with E-state index < -0.39 is 0 Å². The number of aliphatic hydroxyl groups excluding tert-OH is 1. The van der Waals surface area contributed by atoms with Crippen LogP contribution in [0.2, 0.25) is 0 Å². The highest BCUT2D eigenvalue weighted by Gasteiger charge is 2.41. The number of nitriles is 1. The van der Waals surface area contributed by atoms with Crippen LogP contribution in [0.25, 0.3) is 0 Å². The number of aromatic nitrogens is 1. The molecule has 2 saturated carbocycles. The van der Waals surface area contributed by atoms with Gasteiger partial charge in [0.2, 0.25) is 11.8 Å². The second-order valence-corrected chi connectivity index (χ2v) is 9.53. The lowest BCUT2D eigenvalue weighted by atomic mass is 10.0. The van der Waals surface area contributed by atoms with Gasteiger partial charge in [0.05, 0.1) is 23.9 Å². The number of rotatable bonds is 7. The van der Waals surface area contributed by atoms with Gasteiger partial charge in [-0.2, -0.15) is 5.26 Å². The average molecular weight is 472 g/mol. The van der Waals surface area contributed by atoms with Crippen molar-refractivity contribution in [3.63, 3.8) is 0 Å². The number of anilines is 1. The number of halogens is 1. The van der Waals surface area contributed by atoms with Gasteiger partial charge in [-0.25, -0.2) is 4.98 Å². The molecule has 1 aromatic rings. The van der Waals surface area contributed by atoms with Crippen LogP contribution in [0, 0.1) is 17.2 Å². The zero-order valence-corrected chi connectivity index (χ0v) is 19.9. The Kier molecular flexibility index (Phi) is 7.20. The number of amides is 1. The van der Waals surface area contributed by atoms with Crippen molar-refractivity contribution in [3.05, 3.63) is 28.4 Å². The smallest absolute Gasteiger partial charge is 0.225 e. The molecule has 0 radical (unpaired) electrons. The van der Waals surface area contributed by atoms with E-state index in [4.69, 9.17) is 21.3 Å². The van der Waals surface area contributed by atoms with E-state index in [0.717, 1.165) is 31.4 Å². The van der Waals surface area contributed by atoms with Crippen molar-refractivity contribution in [1.82, 2.24) is 9.88 Å². The molecule has 1 amide bonds. The number of nitrogens with zero attached hydrogens (tertiary/aromatic N) is 5. The van der Waals surface area contributed by atoms with Crippen molar-refractivity contribution in [2.24, 2.45) is 10.9 Å². The van der Waals surface area contributed by atoms with Gasteiger partial charge >= 0.3 is 0 Å². The van der Waals surface area contributed by atoms with E-state index in [2.05, 4.69) is 16.0 Å². The summed E-state index contributed by atoms with van der Waals surface area (Å²) in [5, 5.41) is 19.7. The van der Waals surface area contributed by atoms with Gasteiger partial charge in [0.15, 0.2) is 5.75 Å². The van der Waals surface area contributed by atoms with E-state index in [0.29, 0.717) is 59.5 Å². The number of hydrogen-bond donors (Lipinski definition) is 1. The van der Waals surface area contributed by atoms with Crippen molar-refractivity contribution in [3.8, 4) is 11.8 Å². The number of piperazine rings is 1. The minimum atomic E-state index is -0.135. The maximum absolute atomic E-state index is 12.5. The molecule has 0 spiro atoms. The van der Waals surface area contributed by atoms with E-state index in [-0.39, 0.29) is 25.0 Å². The first-order valence-corrected chi connectivity index (χ1v) is 11.9. The van der Waals surface area contributed by atoms with Crippen LogP contribution in [0.1, 0.15) is 56.2 Å². The summed E-state index contributed by atoms with van der Waals surface area (Å²) >= 11 is 6.00. The van der Waals surface area contributed by atoms with Crippen molar-refractivity contribution >= 4 is 29.2 Å². The summed E-state index contributed by atoms with van der Waals surface area (Å²) in [6, 6.07) is 4.13. The molecule has 2 heterocycles. The van der Waals surface area contributed by atoms with Crippen LogP contribution >= 0.6 is 11.6 Å². The Morgan fingerprint density at radius 2 is 2.15 bits per heavy atom. The van der Waals surface area contributed by atoms with Gasteiger partial charge in [-0.05, 0) is 38.5 Å². The Morgan fingerprint density at radius 1 is 1.39 bits per heavy atom. The summed E-state index contributed by atoms with van der Waals surface area (Å²) in [7, 11) is 1.63. The van der Waals surface area contributed by atoms with Crippen LogP contribution in [0.3, 0.4) is 0 Å². The maximum atomic E-state index is 12.5. The highest BCUT2D eigenvalue weighted by atomic mass is 35.5. The molecule has 1 aliphatic heterocycles. The van der Waals surface area contributed by atoms with Crippen LogP contribution in [-0.2, 0) is 4.79 Å². The third kappa shape index (κ3) is 5.48. The predicted molar refractivity (Wildman–Crippen MR) is 127 cm³/mol. The Bertz CT molecular complexity index is 1010. The summed E-state index contributed by atoms with van der Waals surface area (Å²) in [6.07, 6.45) is 6.07. The number of carbonyl (C=O) groups is 1. The van der Waals surface area contributed by atoms with Crippen molar-refractivity contribution in [1.29, 1.82) is 5.26 Å². The number of hydrogen-bond acceptors (Lipinski definition) is 7. The van der Waals surface area contributed by atoms with Gasteiger partial charge in [-0.1, -0.05) is 11.6 Å². The van der Waals surface area contributed by atoms with Crippen LogP contribution in [-0.4, -0.2) is 66.1 Å². The number of aliphatic imine (C=N–C) groups is 1. The third-order valence-electron chi connectivity index (χ3n) is 6.37. The molecule has 1 N–H and O–H groups in total. The standard InChI is InChI=1S/C24H30ClN5O3/c1-15(25)11-21(27-2)33-20-12-18(13-26)24(28-23(20)17-5-6-17)29-8-9-30(22(32)7-10-31)19(14-29)16-3-4-16/h11-12,16-17,19,31H,3-10,14H2,1-2H3/b15-11+,27-21+/t19-/m0/s1. The van der Waals surface area contributed by atoms with Gasteiger partial charge < -0.3 is 19.6 Å². The Hall–Kier alpha value is -2.63. The molecule has 33 heavy (non-hydrogen) atoms. The topological polar surface area (TPSA) is 102 Å². The molecule has 3 aliphatic rings. The van der Waals surface area contributed by atoms with Gasteiger partial charge in [0, 0.05) is 56.2 Å². The number of ether oxygens (including phenoxy) is 1. The molecule has 4 rings (SSSR count). The SMILES string of the molecule is C/N=C(\C=C(/C)Cl)Oc1cc(C#N)c(N2CCN(C(=O)CCO)[C@H](C3CC3)C2)nc1C1CC1. The molecule has 8 nitrogen and oxygen atoms in total.